The van der Waals surface area contributed by atoms with Gasteiger partial charge in [0.15, 0.2) is 10.2 Å². The summed E-state index contributed by atoms with van der Waals surface area (Å²) in [5.41, 5.74) is 5.00. The van der Waals surface area contributed by atoms with Crippen molar-refractivity contribution in [2.45, 2.75) is 6.54 Å². The molecule has 3 N–H and O–H groups in total. The van der Waals surface area contributed by atoms with Crippen molar-refractivity contribution >= 4 is 15.9 Å². The summed E-state index contributed by atoms with van der Waals surface area (Å²) in [6.07, 6.45) is 0. The molecular weight excluding hydrogens is 214 g/mol. The summed E-state index contributed by atoms with van der Waals surface area (Å²) >= 11 is 0. The maximum atomic E-state index is 11.5. The highest BCUT2D eigenvalue weighted by atomic mass is 32.2. The number of benzene rings is 1. The van der Waals surface area contributed by atoms with E-state index >= 15 is 0 Å². The standard InChI is InChI=1S/C9H14N3O2S/c1-12(2)15(13,14)11-9-6-4-3-5-8(9)7-10/h3-6H,7,10H2,1-2H3/q-1/p+1. The topological polar surface area (TPSA) is 79.1 Å². The second-order valence-electron chi connectivity index (χ2n) is 3.23. The van der Waals surface area contributed by atoms with Crippen LogP contribution in [0.5, 0.6) is 0 Å². The van der Waals surface area contributed by atoms with Crippen LogP contribution in [0.3, 0.4) is 0 Å². The average molecular weight is 229 g/mol. The molecule has 0 aliphatic rings. The minimum atomic E-state index is -3.55. The summed E-state index contributed by atoms with van der Waals surface area (Å²) in [4.78, 5) is 0. The van der Waals surface area contributed by atoms with Gasteiger partial charge in [0.05, 0.1) is 6.54 Å². The van der Waals surface area contributed by atoms with Gasteiger partial charge in [-0.15, -0.1) is 5.69 Å². The van der Waals surface area contributed by atoms with E-state index in [9.17, 15) is 8.42 Å². The van der Waals surface area contributed by atoms with Gasteiger partial charge in [0.25, 0.3) is 0 Å². The van der Waals surface area contributed by atoms with Crippen LogP contribution in [0.2, 0.25) is 0 Å². The van der Waals surface area contributed by atoms with Crippen LogP contribution < -0.4 is 5.73 Å². The molecule has 0 saturated heterocycles. The Morgan fingerprint density at radius 2 is 1.93 bits per heavy atom. The SMILES string of the molecule is CN(C)S(=O)(=O)[N-]c1ccccc1C[NH3+]. The van der Waals surface area contributed by atoms with Crippen LogP contribution in [0.4, 0.5) is 5.69 Å². The molecule has 0 atom stereocenters. The van der Waals surface area contributed by atoms with E-state index in [4.69, 9.17) is 0 Å². The summed E-state index contributed by atoms with van der Waals surface area (Å²) in [7, 11) is -0.653. The lowest BCUT2D eigenvalue weighted by Crippen LogP contribution is -2.47. The first-order chi connectivity index (χ1) is 6.97. The van der Waals surface area contributed by atoms with Gasteiger partial charge >= 0.3 is 0 Å². The lowest BCUT2D eigenvalue weighted by atomic mass is 10.2. The third-order valence-electron chi connectivity index (χ3n) is 1.94. The smallest absolute Gasteiger partial charge is 0.159 e. The molecule has 84 valence electrons. The maximum absolute atomic E-state index is 11.5. The number of hydrogen-bond acceptors (Lipinski definition) is 2. The van der Waals surface area contributed by atoms with Gasteiger partial charge in [-0.3, -0.25) is 0 Å². The van der Waals surface area contributed by atoms with Crippen LogP contribution in [-0.4, -0.2) is 26.8 Å². The molecule has 1 aromatic rings. The first-order valence-electron chi connectivity index (χ1n) is 4.50. The summed E-state index contributed by atoms with van der Waals surface area (Å²) in [5.74, 6) is 0. The van der Waals surface area contributed by atoms with Gasteiger partial charge in [-0.25, -0.2) is 12.7 Å². The van der Waals surface area contributed by atoms with Crippen LogP contribution in [-0.2, 0) is 16.8 Å². The minimum absolute atomic E-state index is 0.459. The van der Waals surface area contributed by atoms with E-state index in [0.29, 0.717) is 12.2 Å². The number of nitrogens with zero attached hydrogens (tertiary/aromatic N) is 2. The van der Waals surface area contributed by atoms with E-state index < -0.39 is 10.2 Å². The Morgan fingerprint density at radius 1 is 1.33 bits per heavy atom. The zero-order valence-corrected chi connectivity index (χ0v) is 9.66. The first kappa shape index (κ1) is 12.0. The third-order valence-corrected chi connectivity index (χ3v) is 3.29. The fourth-order valence-corrected chi connectivity index (χ4v) is 1.61. The molecule has 1 rings (SSSR count). The van der Waals surface area contributed by atoms with Crippen molar-refractivity contribution in [2.75, 3.05) is 14.1 Å². The van der Waals surface area contributed by atoms with Crippen LogP contribution in [0.1, 0.15) is 5.56 Å². The summed E-state index contributed by atoms with van der Waals surface area (Å²) in [6.45, 7) is 0.516. The van der Waals surface area contributed by atoms with E-state index in [1.807, 2.05) is 12.1 Å². The fourth-order valence-electron chi connectivity index (χ4n) is 1.02. The molecule has 0 bridgehead atoms. The lowest BCUT2D eigenvalue weighted by molar-refractivity contribution is -0.386. The Kier molecular flexibility index (Phi) is 3.67. The molecule has 1 aromatic carbocycles. The highest BCUT2D eigenvalue weighted by molar-refractivity contribution is 7.92. The lowest BCUT2D eigenvalue weighted by Gasteiger charge is -2.27. The minimum Gasteiger partial charge on any atom is -0.563 e. The Hall–Kier alpha value is -1.11. The maximum Gasteiger partial charge on any atom is 0.159 e. The summed E-state index contributed by atoms with van der Waals surface area (Å²) < 4.78 is 27.8. The second kappa shape index (κ2) is 4.61. The predicted molar refractivity (Wildman–Crippen MR) is 58.7 cm³/mol. The van der Waals surface area contributed by atoms with Gasteiger partial charge in [-0.2, -0.15) is 0 Å². The summed E-state index contributed by atoms with van der Waals surface area (Å²) in [5, 5.41) is 0. The van der Waals surface area contributed by atoms with Crippen LogP contribution in [0.25, 0.3) is 4.72 Å². The monoisotopic (exact) mass is 229 g/mol. The van der Waals surface area contributed by atoms with Crippen molar-refractivity contribution in [3.63, 3.8) is 0 Å². The van der Waals surface area contributed by atoms with Gasteiger partial charge in [0, 0.05) is 14.1 Å². The van der Waals surface area contributed by atoms with Gasteiger partial charge in [0.1, 0.15) is 0 Å². The Balaban J connectivity index is 3.00. The quantitative estimate of drug-likeness (QED) is 0.802. The van der Waals surface area contributed by atoms with Crippen LogP contribution in [0, 0.1) is 0 Å². The van der Waals surface area contributed by atoms with Crippen molar-refractivity contribution in [1.82, 2.24) is 4.31 Å². The molecule has 0 aliphatic carbocycles. The van der Waals surface area contributed by atoms with Crippen molar-refractivity contribution in [2.24, 2.45) is 0 Å². The molecule has 6 heteroatoms. The van der Waals surface area contributed by atoms with Gasteiger partial charge < -0.3 is 10.5 Å². The van der Waals surface area contributed by atoms with Crippen molar-refractivity contribution < 1.29 is 14.2 Å². The molecule has 0 radical (unpaired) electrons. The molecule has 15 heavy (non-hydrogen) atoms. The Bertz CT molecular complexity index is 429. The number of quaternary nitrogens is 1. The fraction of sp³-hybridized carbons (Fsp3) is 0.333. The predicted octanol–water partition coefficient (Wildman–Crippen LogP) is 0.240. The van der Waals surface area contributed by atoms with Crippen molar-refractivity contribution in [3.05, 3.63) is 34.6 Å². The van der Waals surface area contributed by atoms with E-state index in [1.54, 1.807) is 12.1 Å². The highest BCUT2D eigenvalue weighted by Crippen LogP contribution is 2.27. The highest BCUT2D eigenvalue weighted by Gasteiger charge is 2.03. The number of hydrogen-bond donors (Lipinski definition) is 1. The van der Waals surface area contributed by atoms with E-state index in [2.05, 4.69) is 10.5 Å². The second-order valence-corrected chi connectivity index (χ2v) is 5.04. The number of rotatable bonds is 4. The van der Waals surface area contributed by atoms with Crippen LogP contribution in [0.15, 0.2) is 24.3 Å². The van der Waals surface area contributed by atoms with Crippen molar-refractivity contribution in [1.29, 1.82) is 0 Å². The normalized spacial score (nSPS) is 11.7. The molecule has 0 aromatic heterocycles. The van der Waals surface area contributed by atoms with E-state index in [-0.39, 0.29) is 0 Å². The molecule has 0 unspecified atom stereocenters. The molecule has 0 heterocycles. The van der Waals surface area contributed by atoms with Crippen molar-refractivity contribution in [3.8, 4) is 0 Å². The largest absolute Gasteiger partial charge is 0.563 e. The first-order valence-corrected chi connectivity index (χ1v) is 5.89. The molecule has 0 amide bonds. The van der Waals surface area contributed by atoms with Gasteiger partial charge in [-0.05, 0) is 5.56 Å². The molecule has 0 aliphatic heterocycles. The molecule has 5 nitrogen and oxygen atoms in total. The zero-order valence-electron chi connectivity index (χ0n) is 8.84. The van der Waals surface area contributed by atoms with Crippen LogP contribution >= 0.6 is 0 Å². The molecule has 0 spiro atoms. The average Bonchev–Trinajstić information content (AvgIpc) is 2.18. The van der Waals surface area contributed by atoms with E-state index in [1.165, 1.54) is 14.1 Å². The molecule has 0 fully saturated rings. The Morgan fingerprint density at radius 3 is 2.47 bits per heavy atom. The van der Waals surface area contributed by atoms with Gasteiger partial charge in [-0.1, -0.05) is 24.3 Å². The third kappa shape index (κ3) is 2.92. The summed E-state index contributed by atoms with van der Waals surface area (Å²) in [6, 6.07) is 7.07. The molecular formula is C9H15N3O2S. The van der Waals surface area contributed by atoms with E-state index in [0.717, 1.165) is 9.87 Å². The zero-order chi connectivity index (χ0) is 11.5. The molecule has 0 saturated carbocycles. The Labute approximate surface area is 90.1 Å². The van der Waals surface area contributed by atoms with Gasteiger partial charge in [0.2, 0.25) is 0 Å².